The highest BCUT2D eigenvalue weighted by atomic mass is 15.3. The minimum atomic E-state index is 0.846. The van der Waals surface area contributed by atoms with Crippen LogP contribution in [0.4, 0.5) is 5.95 Å². The van der Waals surface area contributed by atoms with E-state index in [1.165, 1.54) is 23.7 Å². The van der Waals surface area contributed by atoms with Crippen LogP contribution in [-0.4, -0.2) is 73.1 Å². The van der Waals surface area contributed by atoms with Crippen molar-refractivity contribution in [3.63, 3.8) is 0 Å². The van der Waals surface area contributed by atoms with Crippen molar-refractivity contribution in [1.82, 2.24) is 19.8 Å². The minimum Gasteiger partial charge on any atom is -0.338 e. The Hall–Kier alpha value is -2.50. The molecular weight excluding hydrogens is 346 g/mol. The van der Waals surface area contributed by atoms with E-state index < -0.39 is 0 Å². The summed E-state index contributed by atoms with van der Waals surface area (Å²) in [5.41, 5.74) is 2.13. The van der Waals surface area contributed by atoms with Crippen molar-refractivity contribution in [2.24, 2.45) is 0 Å². The Morgan fingerprint density at radius 2 is 1.71 bits per heavy atom. The maximum absolute atomic E-state index is 4.87. The number of hydrogen-bond acceptors (Lipinski definition) is 5. The molecule has 2 heterocycles. The molecule has 5 nitrogen and oxygen atoms in total. The average molecular weight is 376 g/mol. The molecule has 1 fully saturated rings. The fourth-order valence-corrected chi connectivity index (χ4v) is 3.79. The predicted molar refractivity (Wildman–Crippen MR) is 117 cm³/mol. The van der Waals surface area contributed by atoms with E-state index in [2.05, 4.69) is 76.2 Å². The van der Waals surface area contributed by atoms with Crippen LogP contribution < -0.4 is 4.90 Å². The lowest BCUT2D eigenvalue weighted by atomic mass is 10.1. The van der Waals surface area contributed by atoms with Gasteiger partial charge in [-0.1, -0.05) is 36.4 Å². The third-order valence-electron chi connectivity index (χ3n) is 5.42. The standard InChI is InChI=1S/C23H29N5/c1-26(2)12-5-13-27-14-16-28(17-15-27)23-24-11-10-22(25-23)21-9-8-19-6-3-4-7-20(19)18-21/h3-4,6-11,18H,5,12-17H2,1-2H3. The molecule has 0 spiro atoms. The highest BCUT2D eigenvalue weighted by molar-refractivity contribution is 5.86. The molecule has 4 rings (SSSR count). The van der Waals surface area contributed by atoms with Crippen molar-refractivity contribution in [3.05, 3.63) is 54.7 Å². The van der Waals surface area contributed by atoms with Crippen LogP contribution in [0.25, 0.3) is 22.0 Å². The van der Waals surface area contributed by atoms with Crippen molar-refractivity contribution in [1.29, 1.82) is 0 Å². The first-order valence-electron chi connectivity index (χ1n) is 10.1. The van der Waals surface area contributed by atoms with Gasteiger partial charge < -0.3 is 9.80 Å². The Bertz CT molecular complexity index is 916. The molecule has 1 saturated heterocycles. The topological polar surface area (TPSA) is 35.5 Å². The number of rotatable bonds is 6. The summed E-state index contributed by atoms with van der Waals surface area (Å²) in [6, 6.07) is 17.0. The Balaban J connectivity index is 1.43. The molecule has 0 unspecified atom stereocenters. The van der Waals surface area contributed by atoms with E-state index in [0.717, 1.165) is 49.9 Å². The van der Waals surface area contributed by atoms with E-state index in [4.69, 9.17) is 4.98 Å². The van der Waals surface area contributed by atoms with Crippen LogP contribution >= 0.6 is 0 Å². The Kier molecular flexibility index (Phi) is 5.84. The number of nitrogens with zero attached hydrogens (tertiary/aromatic N) is 5. The fourth-order valence-electron chi connectivity index (χ4n) is 3.79. The second kappa shape index (κ2) is 8.67. The van der Waals surface area contributed by atoms with Gasteiger partial charge in [0.25, 0.3) is 0 Å². The monoisotopic (exact) mass is 375 g/mol. The maximum Gasteiger partial charge on any atom is 0.225 e. The molecule has 3 aromatic rings. The van der Waals surface area contributed by atoms with Gasteiger partial charge in [-0.05, 0) is 56.5 Å². The quantitative estimate of drug-likeness (QED) is 0.660. The Labute approximate surface area is 167 Å². The largest absolute Gasteiger partial charge is 0.338 e. The van der Waals surface area contributed by atoms with Gasteiger partial charge in [-0.3, -0.25) is 4.90 Å². The van der Waals surface area contributed by atoms with Crippen LogP contribution in [0.1, 0.15) is 6.42 Å². The predicted octanol–water partition coefficient (Wildman–Crippen LogP) is 3.37. The third-order valence-corrected chi connectivity index (χ3v) is 5.42. The summed E-state index contributed by atoms with van der Waals surface area (Å²) in [6.45, 7) is 6.46. The molecule has 0 aliphatic carbocycles. The van der Waals surface area contributed by atoms with E-state index in [0.29, 0.717) is 0 Å². The summed E-state index contributed by atoms with van der Waals surface area (Å²) in [7, 11) is 4.27. The molecule has 0 bridgehead atoms. The van der Waals surface area contributed by atoms with Crippen molar-refractivity contribution in [2.75, 3.05) is 58.3 Å². The normalized spacial score (nSPS) is 15.5. The smallest absolute Gasteiger partial charge is 0.225 e. The first kappa shape index (κ1) is 18.8. The lowest BCUT2D eigenvalue weighted by Gasteiger charge is -2.35. The van der Waals surface area contributed by atoms with Gasteiger partial charge in [-0.15, -0.1) is 0 Å². The first-order chi connectivity index (χ1) is 13.7. The summed E-state index contributed by atoms with van der Waals surface area (Å²) < 4.78 is 0. The number of piperazine rings is 1. The lowest BCUT2D eigenvalue weighted by Crippen LogP contribution is -2.47. The van der Waals surface area contributed by atoms with Crippen molar-refractivity contribution < 1.29 is 0 Å². The van der Waals surface area contributed by atoms with Gasteiger partial charge in [0.05, 0.1) is 5.69 Å². The molecule has 28 heavy (non-hydrogen) atoms. The molecule has 146 valence electrons. The zero-order chi connectivity index (χ0) is 19.3. The molecule has 1 aromatic heterocycles. The van der Waals surface area contributed by atoms with E-state index in [1.807, 2.05) is 12.3 Å². The molecule has 0 N–H and O–H groups in total. The second-order valence-corrected chi connectivity index (χ2v) is 7.79. The SMILES string of the molecule is CN(C)CCCN1CCN(c2nccc(-c3ccc4ccccc4c3)n2)CC1. The van der Waals surface area contributed by atoms with Crippen molar-refractivity contribution in [2.45, 2.75) is 6.42 Å². The van der Waals surface area contributed by atoms with Gasteiger partial charge in [-0.2, -0.15) is 0 Å². The van der Waals surface area contributed by atoms with E-state index in [1.54, 1.807) is 0 Å². The van der Waals surface area contributed by atoms with Gasteiger partial charge in [0.1, 0.15) is 0 Å². The van der Waals surface area contributed by atoms with Gasteiger partial charge in [-0.25, -0.2) is 9.97 Å². The highest BCUT2D eigenvalue weighted by Crippen LogP contribution is 2.24. The highest BCUT2D eigenvalue weighted by Gasteiger charge is 2.19. The number of anilines is 1. The van der Waals surface area contributed by atoms with Crippen LogP contribution in [-0.2, 0) is 0 Å². The summed E-state index contributed by atoms with van der Waals surface area (Å²) in [5, 5.41) is 2.50. The van der Waals surface area contributed by atoms with Crippen LogP contribution in [0.5, 0.6) is 0 Å². The van der Waals surface area contributed by atoms with Crippen molar-refractivity contribution >= 4 is 16.7 Å². The van der Waals surface area contributed by atoms with Gasteiger partial charge >= 0.3 is 0 Å². The number of hydrogen-bond donors (Lipinski definition) is 0. The average Bonchev–Trinajstić information content (AvgIpc) is 2.74. The molecule has 0 atom stereocenters. The van der Waals surface area contributed by atoms with Gasteiger partial charge in [0, 0.05) is 37.9 Å². The minimum absolute atomic E-state index is 0.846. The van der Waals surface area contributed by atoms with E-state index in [-0.39, 0.29) is 0 Å². The maximum atomic E-state index is 4.87. The molecule has 0 saturated carbocycles. The molecule has 1 aliphatic heterocycles. The third kappa shape index (κ3) is 4.49. The second-order valence-electron chi connectivity index (χ2n) is 7.79. The van der Waals surface area contributed by atoms with Crippen LogP contribution in [0.2, 0.25) is 0 Å². The van der Waals surface area contributed by atoms with E-state index >= 15 is 0 Å². The number of benzene rings is 2. The van der Waals surface area contributed by atoms with Gasteiger partial charge in [0.2, 0.25) is 5.95 Å². The molecule has 1 aliphatic rings. The van der Waals surface area contributed by atoms with Crippen molar-refractivity contribution in [3.8, 4) is 11.3 Å². The summed E-state index contributed by atoms with van der Waals surface area (Å²) in [4.78, 5) is 16.5. The summed E-state index contributed by atoms with van der Waals surface area (Å²) in [5.74, 6) is 0.846. The fraction of sp³-hybridized carbons (Fsp3) is 0.391. The summed E-state index contributed by atoms with van der Waals surface area (Å²) >= 11 is 0. The van der Waals surface area contributed by atoms with Crippen LogP contribution in [0.15, 0.2) is 54.7 Å². The molecule has 0 radical (unpaired) electrons. The number of aromatic nitrogens is 2. The van der Waals surface area contributed by atoms with Gasteiger partial charge in [0.15, 0.2) is 0 Å². The zero-order valence-corrected chi connectivity index (χ0v) is 16.9. The Morgan fingerprint density at radius 1 is 0.929 bits per heavy atom. The summed E-state index contributed by atoms with van der Waals surface area (Å²) in [6.07, 6.45) is 3.11. The van der Waals surface area contributed by atoms with Crippen LogP contribution in [0.3, 0.4) is 0 Å². The molecular formula is C23H29N5. The molecule has 0 amide bonds. The lowest BCUT2D eigenvalue weighted by molar-refractivity contribution is 0.241. The first-order valence-corrected chi connectivity index (χ1v) is 10.1. The Morgan fingerprint density at radius 3 is 2.50 bits per heavy atom. The zero-order valence-electron chi connectivity index (χ0n) is 16.9. The molecule has 2 aromatic carbocycles. The number of fused-ring (bicyclic) bond motifs is 1. The molecule has 5 heteroatoms. The van der Waals surface area contributed by atoms with Crippen LogP contribution in [0, 0.1) is 0 Å². The van der Waals surface area contributed by atoms with E-state index in [9.17, 15) is 0 Å².